The van der Waals surface area contributed by atoms with Crippen molar-refractivity contribution in [2.45, 2.75) is 33.8 Å². The topological polar surface area (TPSA) is 63.8 Å². The van der Waals surface area contributed by atoms with Crippen molar-refractivity contribution >= 4 is 28.0 Å². The Hall–Kier alpha value is -1.89. The Morgan fingerprint density at radius 3 is 2.78 bits per heavy atom. The van der Waals surface area contributed by atoms with Gasteiger partial charge in [0.2, 0.25) is 5.88 Å². The van der Waals surface area contributed by atoms with Crippen molar-refractivity contribution in [1.82, 2.24) is 15.0 Å². The zero-order chi connectivity index (χ0) is 17.0. The van der Waals surface area contributed by atoms with Crippen LogP contribution in [0.3, 0.4) is 0 Å². The molecule has 0 amide bonds. The van der Waals surface area contributed by atoms with Crippen molar-refractivity contribution in [3.63, 3.8) is 0 Å². The van der Waals surface area contributed by atoms with Gasteiger partial charge in [0, 0.05) is 19.7 Å². The third kappa shape index (κ3) is 4.54. The molecule has 0 aliphatic rings. The second-order valence-corrected chi connectivity index (χ2v) is 6.18. The predicted molar refractivity (Wildman–Crippen MR) is 93.4 cm³/mol. The molecule has 6 nitrogen and oxygen atoms in total. The number of pyridine rings is 1. The summed E-state index contributed by atoms with van der Waals surface area (Å²) in [4.78, 5) is 10.9. The number of aryl methyl sites for hydroxylation is 2. The summed E-state index contributed by atoms with van der Waals surface area (Å²) in [6.07, 6.45) is 1.51. The molecule has 0 N–H and O–H groups in total. The summed E-state index contributed by atoms with van der Waals surface area (Å²) < 4.78 is 11.8. The molecule has 1 unspecified atom stereocenters. The highest BCUT2D eigenvalue weighted by Gasteiger charge is 2.16. The van der Waals surface area contributed by atoms with Crippen LogP contribution in [0.5, 0.6) is 5.88 Å². The van der Waals surface area contributed by atoms with Gasteiger partial charge in [-0.2, -0.15) is 0 Å². The summed E-state index contributed by atoms with van der Waals surface area (Å²) in [6, 6.07) is 3.75. The van der Waals surface area contributed by atoms with Crippen molar-refractivity contribution in [3.8, 4) is 5.88 Å². The molecule has 1 atom stereocenters. The average Bonchev–Trinajstić information content (AvgIpc) is 2.95. The predicted octanol–water partition coefficient (Wildman–Crippen LogP) is 4.20. The second kappa shape index (κ2) is 7.59. The van der Waals surface area contributed by atoms with E-state index in [4.69, 9.17) is 9.26 Å². The third-order valence-electron chi connectivity index (χ3n) is 3.34. The second-order valence-electron chi connectivity index (χ2n) is 5.33. The molecular formula is C16H21BrN4O2. The first kappa shape index (κ1) is 17.5. The lowest BCUT2D eigenvalue weighted by Gasteiger charge is -2.14. The molecule has 0 aliphatic heterocycles. The van der Waals surface area contributed by atoms with E-state index in [0.717, 1.165) is 28.1 Å². The van der Waals surface area contributed by atoms with E-state index in [1.54, 1.807) is 6.34 Å². The first-order chi connectivity index (χ1) is 10.9. The number of hydrogen-bond donors (Lipinski definition) is 0. The van der Waals surface area contributed by atoms with Crippen molar-refractivity contribution in [3.05, 3.63) is 33.8 Å². The fourth-order valence-electron chi connectivity index (χ4n) is 1.81. The van der Waals surface area contributed by atoms with E-state index < -0.39 is 0 Å². The molecule has 0 bridgehead atoms. The minimum absolute atomic E-state index is 0.278. The molecule has 2 aromatic rings. The fourth-order valence-corrected chi connectivity index (χ4v) is 2.20. The highest BCUT2D eigenvalue weighted by Crippen LogP contribution is 2.32. The average molecular weight is 381 g/mol. The lowest BCUT2D eigenvalue weighted by Crippen LogP contribution is -2.14. The molecule has 0 saturated carbocycles. The van der Waals surface area contributed by atoms with E-state index in [-0.39, 0.29) is 6.10 Å². The number of aliphatic imine (C=N–C) groups is 1. The summed E-state index contributed by atoms with van der Waals surface area (Å²) in [6.45, 7) is 8.63. The minimum Gasteiger partial charge on any atom is -0.466 e. The summed E-state index contributed by atoms with van der Waals surface area (Å²) >= 11 is 3.49. The van der Waals surface area contributed by atoms with Crippen molar-refractivity contribution < 1.29 is 9.26 Å². The molecule has 0 fully saturated rings. The van der Waals surface area contributed by atoms with Gasteiger partial charge in [0.05, 0.1) is 27.9 Å². The van der Waals surface area contributed by atoms with Crippen LogP contribution in [0.1, 0.15) is 37.1 Å². The maximum Gasteiger partial charge on any atom is 0.229 e. The first-order valence-electron chi connectivity index (χ1n) is 7.42. The van der Waals surface area contributed by atoms with E-state index in [2.05, 4.69) is 38.0 Å². The van der Waals surface area contributed by atoms with Gasteiger partial charge in [0.1, 0.15) is 0 Å². The van der Waals surface area contributed by atoms with Gasteiger partial charge in [-0.25, -0.2) is 9.98 Å². The normalized spacial score (nSPS) is 12.6. The van der Waals surface area contributed by atoms with Crippen LogP contribution in [0.15, 0.2) is 26.1 Å². The summed E-state index contributed by atoms with van der Waals surface area (Å²) in [5.74, 6) is 1.17. The van der Waals surface area contributed by atoms with Crippen LogP contribution in [-0.2, 0) is 0 Å². The Morgan fingerprint density at radius 1 is 1.43 bits per heavy atom. The smallest absolute Gasteiger partial charge is 0.229 e. The largest absolute Gasteiger partial charge is 0.466 e. The van der Waals surface area contributed by atoms with E-state index >= 15 is 0 Å². The van der Waals surface area contributed by atoms with E-state index in [9.17, 15) is 0 Å². The fraction of sp³-hybridized carbons (Fsp3) is 0.438. The standard InChI is InChI=1S/C16H21BrN4O2/c1-6-21(5)9-18-14-8-13(17)16(19-11(14)3)22-12(4)15-7-10(2)20-23-15/h7-9,12H,6H2,1-5H3/b18-9+. The van der Waals surface area contributed by atoms with Crippen LogP contribution in [0, 0.1) is 13.8 Å². The van der Waals surface area contributed by atoms with Gasteiger partial charge in [-0.05, 0) is 49.7 Å². The quantitative estimate of drug-likeness (QED) is 0.554. The Bertz CT molecular complexity index is 699. The maximum absolute atomic E-state index is 5.87. The van der Waals surface area contributed by atoms with Crippen LogP contribution in [-0.4, -0.2) is 35.0 Å². The molecule has 2 rings (SSSR count). The summed E-state index contributed by atoms with van der Waals surface area (Å²) in [7, 11) is 1.97. The van der Waals surface area contributed by atoms with Gasteiger partial charge in [0.25, 0.3) is 0 Å². The summed E-state index contributed by atoms with van der Waals surface area (Å²) in [5, 5.41) is 3.87. The monoisotopic (exact) mass is 380 g/mol. The molecular weight excluding hydrogens is 360 g/mol. The Morgan fingerprint density at radius 2 is 2.17 bits per heavy atom. The van der Waals surface area contributed by atoms with Gasteiger partial charge < -0.3 is 14.2 Å². The molecule has 124 valence electrons. The molecule has 0 saturated heterocycles. The number of aromatic nitrogens is 2. The van der Waals surface area contributed by atoms with Crippen molar-refractivity contribution in [2.24, 2.45) is 4.99 Å². The lowest BCUT2D eigenvalue weighted by molar-refractivity contribution is 0.173. The van der Waals surface area contributed by atoms with Gasteiger partial charge in [0.15, 0.2) is 11.9 Å². The third-order valence-corrected chi connectivity index (χ3v) is 3.90. The molecule has 0 aliphatic carbocycles. The van der Waals surface area contributed by atoms with Crippen molar-refractivity contribution in [2.75, 3.05) is 13.6 Å². The number of hydrogen-bond acceptors (Lipinski definition) is 5. The van der Waals surface area contributed by atoms with E-state index in [1.807, 2.05) is 44.9 Å². The highest BCUT2D eigenvalue weighted by molar-refractivity contribution is 9.10. The Balaban J connectivity index is 2.18. The Labute approximate surface area is 144 Å². The number of ether oxygens (including phenoxy) is 1. The van der Waals surface area contributed by atoms with Gasteiger partial charge in [-0.1, -0.05) is 5.16 Å². The number of nitrogens with zero attached hydrogens (tertiary/aromatic N) is 4. The molecule has 23 heavy (non-hydrogen) atoms. The SMILES string of the molecule is CCN(C)/C=N/c1cc(Br)c(OC(C)c2cc(C)no2)nc1C. The van der Waals surface area contributed by atoms with Crippen LogP contribution >= 0.6 is 15.9 Å². The molecule has 2 aromatic heterocycles. The van der Waals surface area contributed by atoms with Gasteiger partial charge in [-0.15, -0.1) is 0 Å². The molecule has 2 heterocycles. The summed E-state index contributed by atoms with van der Waals surface area (Å²) in [5.41, 5.74) is 2.42. The van der Waals surface area contributed by atoms with E-state index in [1.165, 1.54) is 0 Å². The van der Waals surface area contributed by atoms with Crippen LogP contribution in [0.2, 0.25) is 0 Å². The molecule has 0 aromatic carbocycles. The zero-order valence-electron chi connectivity index (χ0n) is 14.0. The number of rotatable bonds is 6. The lowest BCUT2D eigenvalue weighted by atomic mass is 10.3. The minimum atomic E-state index is -0.278. The van der Waals surface area contributed by atoms with E-state index in [0.29, 0.717) is 11.6 Å². The van der Waals surface area contributed by atoms with Crippen LogP contribution in [0.25, 0.3) is 0 Å². The maximum atomic E-state index is 5.87. The van der Waals surface area contributed by atoms with Gasteiger partial charge >= 0.3 is 0 Å². The van der Waals surface area contributed by atoms with Crippen LogP contribution < -0.4 is 4.74 Å². The Kier molecular flexibility index (Phi) is 5.76. The molecule has 0 radical (unpaired) electrons. The highest BCUT2D eigenvalue weighted by atomic mass is 79.9. The van der Waals surface area contributed by atoms with Crippen molar-refractivity contribution in [1.29, 1.82) is 0 Å². The number of halogens is 1. The van der Waals surface area contributed by atoms with Gasteiger partial charge in [-0.3, -0.25) is 0 Å². The molecule has 7 heteroatoms. The zero-order valence-corrected chi connectivity index (χ0v) is 15.6. The van der Waals surface area contributed by atoms with Crippen LogP contribution in [0.4, 0.5) is 5.69 Å². The molecule has 0 spiro atoms. The first-order valence-corrected chi connectivity index (χ1v) is 8.21.